The summed E-state index contributed by atoms with van der Waals surface area (Å²) in [6.45, 7) is 8.51. The number of rotatable bonds is 6. The van der Waals surface area contributed by atoms with Crippen LogP contribution in [0.25, 0.3) is 0 Å². The molecule has 1 atom stereocenters. The van der Waals surface area contributed by atoms with E-state index in [2.05, 4.69) is 26.1 Å². The fourth-order valence-corrected chi connectivity index (χ4v) is 3.09. The molecule has 0 aromatic rings. The molecule has 2 nitrogen and oxygen atoms in total. The number of carbonyl (C=O) groups excluding carboxylic acids is 1. The molecule has 2 heteroatoms. The number of ketones is 1. The molecule has 0 aliphatic carbocycles. The highest BCUT2D eigenvalue weighted by Gasteiger charge is 2.39. The van der Waals surface area contributed by atoms with Crippen molar-refractivity contribution in [1.82, 2.24) is 5.32 Å². The zero-order valence-corrected chi connectivity index (χ0v) is 11.1. The van der Waals surface area contributed by atoms with Crippen LogP contribution >= 0.6 is 0 Å². The van der Waals surface area contributed by atoms with Crippen LogP contribution in [0.15, 0.2) is 0 Å². The molecule has 0 spiro atoms. The maximum atomic E-state index is 12.6. The van der Waals surface area contributed by atoms with Crippen LogP contribution in [0.2, 0.25) is 0 Å². The number of piperidine rings is 1. The van der Waals surface area contributed by atoms with Gasteiger partial charge in [-0.05, 0) is 38.8 Å². The lowest BCUT2D eigenvalue weighted by molar-refractivity contribution is -0.134. The average Bonchev–Trinajstić information content (AvgIpc) is 2.30. The third-order valence-corrected chi connectivity index (χ3v) is 3.98. The fourth-order valence-electron chi connectivity index (χ4n) is 3.09. The van der Waals surface area contributed by atoms with Gasteiger partial charge in [0.2, 0.25) is 0 Å². The smallest absolute Gasteiger partial charge is 0.141 e. The van der Waals surface area contributed by atoms with Gasteiger partial charge in [0, 0.05) is 11.3 Å². The number of nitrogens with one attached hydrogen (secondary N) is 1. The summed E-state index contributed by atoms with van der Waals surface area (Å²) in [4.78, 5) is 12.6. The molecular weight excluding hydrogens is 198 g/mol. The van der Waals surface area contributed by atoms with E-state index in [0.717, 1.165) is 51.6 Å². The SMILES string of the molecule is CCCC(C)C(=O)C1(CCC)CCNCC1. The van der Waals surface area contributed by atoms with Crippen molar-refractivity contribution >= 4 is 5.78 Å². The van der Waals surface area contributed by atoms with Crippen molar-refractivity contribution in [3.63, 3.8) is 0 Å². The predicted octanol–water partition coefficient (Wildman–Crippen LogP) is 3.16. The lowest BCUT2D eigenvalue weighted by Gasteiger charge is -2.38. The summed E-state index contributed by atoms with van der Waals surface area (Å²) in [6, 6.07) is 0. The van der Waals surface area contributed by atoms with Gasteiger partial charge in [0.15, 0.2) is 0 Å². The first-order valence-corrected chi connectivity index (χ1v) is 6.91. The van der Waals surface area contributed by atoms with Crippen molar-refractivity contribution < 1.29 is 4.79 Å². The molecule has 0 aromatic carbocycles. The molecule has 1 fully saturated rings. The summed E-state index contributed by atoms with van der Waals surface area (Å²) in [5.41, 5.74) is 0.00852. The first kappa shape index (κ1) is 13.7. The van der Waals surface area contributed by atoms with Gasteiger partial charge in [0.1, 0.15) is 5.78 Å². The Morgan fingerprint density at radius 2 is 1.88 bits per heavy atom. The molecule has 0 radical (unpaired) electrons. The van der Waals surface area contributed by atoms with Crippen LogP contribution < -0.4 is 5.32 Å². The highest BCUT2D eigenvalue weighted by atomic mass is 16.1. The summed E-state index contributed by atoms with van der Waals surface area (Å²) in [5.74, 6) is 0.798. The standard InChI is InChI=1S/C14H27NO/c1-4-6-12(3)13(16)14(7-5-2)8-10-15-11-9-14/h12,15H,4-11H2,1-3H3. The van der Waals surface area contributed by atoms with Crippen molar-refractivity contribution in [2.75, 3.05) is 13.1 Å². The predicted molar refractivity (Wildman–Crippen MR) is 68.5 cm³/mol. The molecule has 94 valence electrons. The fraction of sp³-hybridized carbons (Fsp3) is 0.929. The van der Waals surface area contributed by atoms with E-state index in [1.807, 2.05) is 0 Å². The van der Waals surface area contributed by atoms with E-state index in [0.29, 0.717) is 5.78 Å². The molecule has 1 unspecified atom stereocenters. The third kappa shape index (κ3) is 3.07. The van der Waals surface area contributed by atoms with Gasteiger partial charge in [0.05, 0.1) is 0 Å². The normalized spacial score (nSPS) is 21.7. The first-order valence-electron chi connectivity index (χ1n) is 6.91. The molecule has 1 N–H and O–H groups in total. The monoisotopic (exact) mass is 225 g/mol. The van der Waals surface area contributed by atoms with Crippen molar-refractivity contribution in [2.45, 2.75) is 59.3 Å². The minimum atomic E-state index is 0.00852. The number of hydrogen-bond donors (Lipinski definition) is 1. The summed E-state index contributed by atoms with van der Waals surface area (Å²) in [5, 5.41) is 3.37. The first-order chi connectivity index (χ1) is 7.66. The lowest BCUT2D eigenvalue weighted by Crippen LogP contribution is -2.44. The molecule has 1 aliphatic heterocycles. The Balaban J connectivity index is 2.71. The molecule has 0 amide bonds. The molecule has 1 saturated heterocycles. The summed E-state index contributed by atoms with van der Waals surface area (Å²) < 4.78 is 0. The number of Topliss-reactive ketones (excluding diaryl/α,β-unsaturated/α-hetero) is 1. The van der Waals surface area contributed by atoms with Crippen molar-refractivity contribution in [3.8, 4) is 0 Å². The Labute approximate surface area is 100 Å². The Morgan fingerprint density at radius 1 is 1.25 bits per heavy atom. The second-order valence-corrected chi connectivity index (χ2v) is 5.33. The van der Waals surface area contributed by atoms with E-state index in [4.69, 9.17) is 0 Å². The molecule has 16 heavy (non-hydrogen) atoms. The van der Waals surface area contributed by atoms with Gasteiger partial charge in [-0.25, -0.2) is 0 Å². The van der Waals surface area contributed by atoms with E-state index < -0.39 is 0 Å². The van der Waals surface area contributed by atoms with Gasteiger partial charge in [-0.2, -0.15) is 0 Å². The van der Waals surface area contributed by atoms with Crippen LogP contribution in [0, 0.1) is 11.3 Å². The molecular formula is C14H27NO. The molecule has 0 aromatic heterocycles. The summed E-state index contributed by atoms with van der Waals surface area (Å²) >= 11 is 0. The molecule has 1 aliphatic rings. The Kier molecular flexibility index (Phi) is 5.47. The van der Waals surface area contributed by atoms with Crippen LogP contribution in [0.5, 0.6) is 0 Å². The largest absolute Gasteiger partial charge is 0.317 e. The maximum Gasteiger partial charge on any atom is 0.141 e. The molecule has 1 rings (SSSR count). The topological polar surface area (TPSA) is 29.1 Å². The third-order valence-electron chi connectivity index (χ3n) is 3.98. The van der Waals surface area contributed by atoms with Crippen LogP contribution in [-0.2, 0) is 4.79 Å². The highest BCUT2D eigenvalue weighted by molar-refractivity contribution is 5.86. The molecule has 0 bridgehead atoms. The van der Waals surface area contributed by atoms with Crippen molar-refractivity contribution in [3.05, 3.63) is 0 Å². The highest BCUT2D eigenvalue weighted by Crippen LogP contribution is 2.38. The average molecular weight is 225 g/mol. The van der Waals surface area contributed by atoms with Gasteiger partial charge in [-0.15, -0.1) is 0 Å². The van der Waals surface area contributed by atoms with Crippen LogP contribution in [0.3, 0.4) is 0 Å². The van der Waals surface area contributed by atoms with Crippen LogP contribution in [0.1, 0.15) is 59.3 Å². The lowest BCUT2D eigenvalue weighted by atomic mass is 9.68. The van der Waals surface area contributed by atoms with E-state index in [1.54, 1.807) is 0 Å². The Morgan fingerprint density at radius 3 is 2.38 bits per heavy atom. The summed E-state index contributed by atoms with van der Waals surface area (Å²) in [7, 11) is 0. The van der Waals surface area contributed by atoms with E-state index in [-0.39, 0.29) is 11.3 Å². The van der Waals surface area contributed by atoms with Crippen LogP contribution in [0.4, 0.5) is 0 Å². The van der Waals surface area contributed by atoms with Crippen LogP contribution in [-0.4, -0.2) is 18.9 Å². The minimum Gasteiger partial charge on any atom is -0.317 e. The van der Waals surface area contributed by atoms with Gasteiger partial charge >= 0.3 is 0 Å². The Bertz CT molecular complexity index is 213. The van der Waals surface area contributed by atoms with E-state index in [1.165, 1.54) is 0 Å². The van der Waals surface area contributed by atoms with Gasteiger partial charge in [0.25, 0.3) is 0 Å². The van der Waals surface area contributed by atoms with E-state index in [9.17, 15) is 4.79 Å². The van der Waals surface area contributed by atoms with Crippen molar-refractivity contribution in [2.24, 2.45) is 11.3 Å². The maximum absolute atomic E-state index is 12.6. The quantitative estimate of drug-likeness (QED) is 0.752. The zero-order valence-electron chi connectivity index (χ0n) is 11.1. The Hall–Kier alpha value is -0.370. The van der Waals surface area contributed by atoms with Crippen molar-refractivity contribution in [1.29, 1.82) is 0 Å². The summed E-state index contributed by atoms with van der Waals surface area (Å²) in [6.07, 6.45) is 6.48. The second kappa shape index (κ2) is 6.39. The van der Waals surface area contributed by atoms with Gasteiger partial charge in [-0.3, -0.25) is 4.79 Å². The molecule has 0 saturated carbocycles. The van der Waals surface area contributed by atoms with Gasteiger partial charge in [-0.1, -0.05) is 33.6 Å². The molecule has 1 heterocycles. The number of carbonyl (C=O) groups is 1. The number of hydrogen-bond acceptors (Lipinski definition) is 2. The van der Waals surface area contributed by atoms with E-state index >= 15 is 0 Å². The zero-order chi connectivity index (χ0) is 12.0. The minimum absolute atomic E-state index is 0.00852. The second-order valence-electron chi connectivity index (χ2n) is 5.33. The van der Waals surface area contributed by atoms with Gasteiger partial charge < -0.3 is 5.32 Å².